The van der Waals surface area contributed by atoms with Crippen molar-refractivity contribution in [2.24, 2.45) is 5.41 Å². The lowest BCUT2D eigenvalue weighted by molar-refractivity contribution is -0.150. The fourth-order valence-electron chi connectivity index (χ4n) is 2.14. The summed E-state index contributed by atoms with van der Waals surface area (Å²) >= 11 is 0. The Morgan fingerprint density at radius 1 is 1.40 bits per heavy atom. The lowest BCUT2D eigenvalue weighted by atomic mass is 9.82. The van der Waals surface area contributed by atoms with E-state index in [4.69, 9.17) is 0 Å². The van der Waals surface area contributed by atoms with Crippen molar-refractivity contribution >= 4 is 5.97 Å². The number of carboxylic acids is 1. The molecule has 0 saturated carbocycles. The Morgan fingerprint density at radius 3 is 2.70 bits per heavy atom. The maximum Gasteiger partial charge on any atom is 0.311 e. The van der Waals surface area contributed by atoms with E-state index < -0.39 is 11.4 Å². The van der Waals surface area contributed by atoms with Crippen LogP contribution < -0.4 is 0 Å². The van der Waals surface area contributed by atoms with Gasteiger partial charge in [-0.2, -0.15) is 0 Å². The van der Waals surface area contributed by atoms with Gasteiger partial charge in [0.25, 0.3) is 0 Å². The molecular formula is C13H17N5O2. The lowest BCUT2D eigenvalue weighted by Crippen LogP contribution is -2.35. The van der Waals surface area contributed by atoms with E-state index in [1.807, 2.05) is 19.9 Å². The van der Waals surface area contributed by atoms with Crippen LogP contribution in [0.25, 0.3) is 11.4 Å². The van der Waals surface area contributed by atoms with Gasteiger partial charge in [-0.25, -0.2) is 4.68 Å². The zero-order valence-corrected chi connectivity index (χ0v) is 11.5. The third-order valence-corrected chi connectivity index (χ3v) is 3.71. The molecule has 0 aliphatic rings. The number of tetrazole rings is 1. The van der Waals surface area contributed by atoms with Crippen molar-refractivity contribution < 1.29 is 9.90 Å². The number of carbonyl (C=O) groups is 1. The Balaban J connectivity index is 2.36. The Kier molecular flexibility index (Phi) is 4.07. The van der Waals surface area contributed by atoms with Gasteiger partial charge in [-0.3, -0.25) is 9.78 Å². The number of hydrogen-bond donors (Lipinski definition) is 1. The first-order valence-corrected chi connectivity index (χ1v) is 6.53. The fourth-order valence-corrected chi connectivity index (χ4v) is 2.14. The quantitative estimate of drug-likeness (QED) is 0.861. The predicted octanol–water partition coefficient (Wildman–Crippen LogP) is 1.63. The lowest BCUT2D eigenvalue weighted by Gasteiger charge is -2.26. The summed E-state index contributed by atoms with van der Waals surface area (Å²) in [7, 11) is 0. The van der Waals surface area contributed by atoms with E-state index in [0.29, 0.717) is 18.7 Å². The van der Waals surface area contributed by atoms with Gasteiger partial charge in [-0.1, -0.05) is 13.8 Å². The highest BCUT2D eigenvalue weighted by Gasteiger charge is 2.36. The Bertz CT molecular complexity index is 577. The molecule has 2 heterocycles. The minimum absolute atomic E-state index is 0.243. The maximum absolute atomic E-state index is 11.6. The third-order valence-electron chi connectivity index (χ3n) is 3.71. The van der Waals surface area contributed by atoms with Crippen molar-refractivity contribution in [2.45, 2.75) is 33.2 Å². The average Bonchev–Trinajstić information content (AvgIpc) is 2.93. The first-order chi connectivity index (χ1) is 9.63. The van der Waals surface area contributed by atoms with Gasteiger partial charge >= 0.3 is 5.97 Å². The molecule has 0 spiro atoms. The highest BCUT2D eigenvalue weighted by Crippen LogP contribution is 2.30. The van der Waals surface area contributed by atoms with Crippen molar-refractivity contribution in [1.82, 2.24) is 25.2 Å². The van der Waals surface area contributed by atoms with Crippen LogP contribution in [0.1, 0.15) is 26.7 Å². The second-order valence-electron chi connectivity index (χ2n) is 4.69. The molecule has 0 aromatic carbocycles. The molecule has 0 bridgehead atoms. The van der Waals surface area contributed by atoms with E-state index in [1.165, 1.54) is 4.68 Å². The Morgan fingerprint density at radius 2 is 2.15 bits per heavy atom. The summed E-state index contributed by atoms with van der Waals surface area (Å²) in [6, 6.07) is 3.63. The summed E-state index contributed by atoms with van der Waals surface area (Å²) < 4.78 is 1.54. The first-order valence-electron chi connectivity index (χ1n) is 6.53. The smallest absolute Gasteiger partial charge is 0.311 e. The minimum atomic E-state index is -0.855. The van der Waals surface area contributed by atoms with Crippen LogP contribution in [0.5, 0.6) is 0 Å². The van der Waals surface area contributed by atoms with Crippen LogP contribution in [0.4, 0.5) is 0 Å². The third kappa shape index (κ3) is 2.52. The topological polar surface area (TPSA) is 93.8 Å². The highest BCUT2D eigenvalue weighted by atomic mass is 16.4. The predicted molar refractivity (Wildman–Crippen MR) is 71.7 cm³/mol. The molecule has 0 fully saturated rings. The van der Waals surface area contributed by atoms with Crippen LogP contribution in [0, 0.1) is 5.41 Å². The molecule has 2 aromatic rings. The Hall–Kier alpha value is -2.31. The zero-order valence-electron chi connectivity index (χ0n) is 11.5. The van der Waals surface area contributed by atoms with Gasteiger partial charge in [0, 0.05) is 18.0 Å². The molecule has 0 aliphatic heterocycles. The molecular weight excluding hydrogens is 258 g/mol. The number of aromatic nitrogens is 5. The van der Waals surface area contributed by atoms with Crippen LogP contribution in [-0.2, 0) is 11.3 Å². The second-order valence-corrected chi connectivity index (χ2v) is 4.69. The van der Waals surface area contributed by atoms with Crippen molar-refractivity contribution in [2.75, 3.05) is 0 Å². The van der Waals surface area contributed by atoms with E-state index >= 15 is 0 Å². The molecule has 20 heavy (non-hydrogen) atoms. The zero-order chi connectivity index (χ0) is 14.6. The average molecular weight is 275 g/mol. The normalized spacial score (nSPS) is 11.5. The summed E-state index contributed by atoms with van der Waals surface area (Å²) in [6.45, 7) is 3.98. The van der Waals surface area contributed by atoms with Gasteiger partial charge in [0.2, 0.25) is 0 Å². The molecule has 0 radical (unpaired) electrons. The largest absolute Gasteiger partial charge is 0.481 e. The standard InChI is InChI=1S/C13H17N5O2/c1-3-13(4-2,12(19)20)9-18-11(15-16-17-18)10-6-5-7-14-8-10/h5-8H,3-4,9H2,1-2H3,(H,19,20). The summed E-state index contributed by atoms with van der Waals surface area (Å²) in [6.07, 6.45) is 4.36. The molecule has 2 aromatic heterocycles. The molecule has 7 heteroatoms. The van der Waals surface area contributed by atoms with E-state index in [9.17, 15) is 9.90 Å². The number of nitrogens with zero attached hydrogens (tertiary/aromatic N) is 5. The summed E-state index contributed by atoms with van der Waals surface area (Å²) in [5, 5.41) is 21.0. The number of carboxylic acid groups (broad SMARTS) is 1. The second kappa shape index (κ2) is 5.77. The van der Waals surface area contributed by atoms with E-state index in [2.05, 4.69) is 20.5 Å². The number of hydrogen-bond acceptors (Lipinski definition) is 5. The van der Waals surface area contributed by atoms with Gasteiger partial charge in [-0.15, -0.1) is 5.10 Å². The van der Waals surface area contributed by atoms with Gasteiger partial charge in [0.1, 0.15) is 0 Å². The van der Waals surface area contributed by atoms with Crippen molar-refractivity contribution in [1.29, 1.82) is 0 Å². The van der Waals surface area contributed by atoms with Crippen LogP contribution >= 0.6 is 0 Å². The molecule has 0 atom stereocenters. The van der Waals surface area contributed by atoms with Gasteiger partial charge in [-0.05, 0) is 35.4 Å². The number of pyridine rings is 1. The molecule has 0 saturated heterocycles. The molecule has 1 N–H and O–H groups in total. The fraction of sp³-hybridized carbons (Fsp3) is 0.462. The van der Waals surface area contributed by atoms with Crippen molar-refractivity contribution in [3.63, 3.8) is 0 Å². The monoisotopic (exact) mass is 275 g/mol. The van der Waals surface area contributed by atoms with Gasteiger partial charge < -0.3 is 5.11 Å². The SMILES string of the molecule is CCC(CC)(Cn1nnnc1-c1cccnc1)C(=O)O. The molecule has 0 aliphatic carbocycles. The molecule has 106 valence electrons. The van der Waals surface area contributed by atoms with Crippen LogP contribution in [0.3, 0.4) is 0 Å². The number of aliphatic carboxylic acids is 1. The molecule has 0 amide bonds. The molecule has 2 rings (SSSR count). The van der Waals surface area contributed by atoms with E-state index in [1.54, 1.807) is 18.5 Å². The van der Waals surface area contributed by atoms with Crippen LogP contribution in [0.2, 0.25) is 0 Å². The van der Waals surface area contributed by atoms with Crippen molar-refractivity contribution in [3.05, 3.63) is 24.5 Å². The Labute approximate surface area is 116 Å². The minimum Gasteiger partial charge on any atom is -0.481 e. The van der Waals surface area contributed by atoms with Crippen LogP contribution in [-0.4, -0.2) is 36.3 Å². The summed E-state index contributed by atoms with van der Waals surface area (Å²) in [4.78, 5) is 15.6. The van der Waals surface area contributed by atoms with Crippen molar-refractivity contribution in [3.8, 4) is 11.4 Å². The van der Waals surface area contributed by atoms with Gasteiger partial charge in [0.15, 0.2) is 5.82 Å². The summed E-state index contributed by atoms with van der Waals surface area (Å²) in [5.41, 5.74) is -0.0872. The molecule has 0 unspecified atom stereocenters. The highest BCUT2D eigenvalue weighted by molar-refractivity contribution is 5.74. The number of rotatable bonds is 6. The van der Waals surface area contributed by atoms with E-state index in [0.717, 1.165) is 5.56 Å². The van der Waals surface area contributed by atoms with Gasteiger partial charge in [0.05, 0.1) is 12.0 Å². The van der Waals surface area contributed by atoms with E-state index in [-0.39, 0.29) is 6.54 Å². The summed E-state index contributed by atoms with van der Waals surface area (Å²) in [5.74, 6) is -0.291. The first kappa shape index (κ1) is 14.1. The molecule has 7 nitrogen and oxygen atoms in total. The van der Waals surface area contributed by atoms with Crippen LogP contribution in [0.15, 0.2) is 24.5 Å². The maximum atomic E-state index is 11.6.